The van der Waals surface area contributed by atoms with E-state index in [1.807, 2.05) is 11.8 Å². The summed E-state index contributed by atoms with van der Waals surface area (Å²) in [6, 6.07) is 26.0. The van der Waals surface area contributed by atoms with Crippen molar-refractivity contribution in [2.24, 2.45) is 0 Å². The molecule has 1 aliphatic rings. The minimum Gasteiger partial charge on any atom is -0.488 e. The maximum atomic E-state index is 5.84. The van der Waals surface area contributed by atoms with E-state index in [0.717, 1.165) is 30.3 Å². The molecule has 0 aliphatic carbocycles. The molecular weight excluding hydrogens is 364 g/mol. The molecule has 28 heavy (non-hydrogen) atoms. The molecular formula is C24H27N2OS+. The minimum atomic E-state index is 0.145. The summed E-state index contributed by atoms with van der Waals surface area (Å²) in [6.07, 6.45) is 0. The number of fused-ring (bicyclic) bond motifs is 2. The predicted molar refractivity (Wildman–Crippen MR) is 118 cm³/mol. The van der Waals surface area contributed by atoms with Crippen LogP contribution in [0.5, 0.6) is 5.75 Å². The molecule has 0 saturated carbocycles. The quantitative estimate of drug-likeness (QED) is 0.664. The fraction of sp³-hybridized carbons (Fsp3) is 0.250. The van der Waals surface area contributed by atoms with Gasteiger partial charge in [0, 0.05) is 16.3 Å². The molecule has 0 fully saturated rings. The normalized spacial score (nSPS) is 15.5. The SMILES string of the molecule is C[NH+](C)CCOc1ccc(N[C@H]2c3ccccc3CSc3ccccc32)cc1. The number of thioether (sulfide) groups is 1. The lowest BCUT2D eigenvalue weighted by molar-refractivity contribution is -0.858. The molecule has 0 unspecified atom stereocenters. The van der Waals surface area contributed by atoms with Gasteiger partial charge in [-0.15, -0.1) is 11.8 Å². The number of rotatable bonds is 6. The molecule has 0 amide bonds. The van der Waals surface area contributed by atoms with Crippen LogP contribution in [-0.4, -0.2) is 27.2 Å². The first-order chi connectivity index (χ1) is 13.7. The summed E-state index contributed by atoms with van der Waals surface area (Å²) in [7, 11) is 4.27. The van der Waals surface area contributed by atoms with Crippen molar-refractivity contribution < 1.29 is 9.64 Å². The molecule has 1 aliphatic heterocycles. The summed E-state index contributed by atoms with van der Waals surface area (Å²) < 4.78 is 5.84. The molecule has 0 bridgehead atoms. The Morgan fingerprint density at radius 2 is 1.64 bits per heavy atom. The van der Waals surface area contributed by atoms with Crippen LogP contribution in [0.2, 0.25) is 0 Å². The van der Waals surface area contributed by atoms with Gasteiger partial charge in [0.15, 0.2) is 0 Å². The molecule has 4 rings (SSSR count). The van der Waals surface area contributed by atoms with Crippen molar-refractivity contribution in [2.45, 2.75) is 16.7 Å². The zero-order chi connectivity index (χ0) is 19.3. The van der Waals surface area contributed by atoms with Crippen molar-refractivity contribution in [1.82, 2.24) is 0 Å². The lowest BCUT2D eigenvalue weighted by Gasteiger charge is -2.23. The molecule has 0 radical (unpaired) electrons. The number of hydrogen-bond acceptors (Lipinski definition) is 3. The van der Waals surface area contributed by atoms with E-state index >= 15 is 0 Å². The fourth-order valence-corrected chi connectivity index (χ4v) is 4.56. The first-order valence-electron chi connectivity index (χ1n) is 9.78. The maximum Gasteiger partial charge on any atom is 0.137 e. The van der Waals surface area contributed by atoms with Gasteiger partial charge in [-0.3, -0.25) is 0 Å². The van der Waals surface area contributed by atoms with Crippen LogP contribution >= 0.6 is 11.8 Å². The van der Waals surface area contributed by atoms with Crippen LogP contribution in [0.1, 0.15) is 22.7 Å². The van der Waals surface area contributed by atoms with Gasteiger partial charge in [-0.25, -0.2) is 0 Å². The Balaban J connectivity index is 1.57. The fourth-order valence-electron chi connectivity index (χ4n) is 3.46. The van der Waals surface area contributed by atoms with Crippen LogP contribution in [0.4, 0.5) is 5.69 Å². The highest BCUT2D eigenvalue weighted by Crippen LogP contribution is 2.40. The number of likely N-dealkylation sites (N-methyl/N-ethyl adjacent to an activating group) is 1. The molecule has 2 N–H and O–H groups in total. The van der Waals surface area contributed by atoms with Crippen LogP contribution in [0.25, 0.3) is 0 Å². The second kappa shape index (κ2) is 8.72. The number of benzene rings is 3. The van der Waals surface area contributed by atoms with Gasteiger partial charge in [0.05, 0.1) is 20.1 Å². The molecule has 0 saturated heterocycles. The Hall–Kier alpha value is -2.43. The third-order valence-corrected chi connectivity index (χ3v) is 6.15. The van der Waals surface area contributed by atoms with Crippen molar-refractivity contribution in [3.05, 3.63) is 89.5 Å². The summed E-state index contributed by atoms with van der Waals surface area (Å²) >= 11 is 1.92. The molecule has 4 heteroatoms. The smallest absolute Gasteiger partial charge is 0.137 e. The van der Waals surface area contributed by atoms with E-state index in [-0.39, 0.29) is 6.04 Å². The second-order valence-corrected chi connectivity index (χ2v) is 8.45. The van der Waals surface area contributed by atoms with E-state index in [0.29, 0.717) is 0 Å². The maximum absolute atomic E-state index is 5.84. The summed E-state index contributed by atoms with van der Waals surface area (Å²) in [6.45, 7) is 1.73. The lowest BCUT2D eigenvalue weighted by Crippen LogP contribution is -3.06. The molecule has 144 valence electrons. The lowest BCUT2D eigenvalue weighted by atomic mass is 9.95. The number of nitrogens with one attached hydrogen (secondary N) is 2. The van der Waals surface area contributed by atoms with Crippen LogP contribution in [0.3, 0.4) is 0 Å². The highest BCUT2D eigenvalue weighted by atomic mass is 32.2. The van der Waals surface area contributed by atoms with Gasteiger partial charge in [-0.1, -0.05) is 42.5 Å². The zero-order valence-corrected chi connectivity index (χ0v) is 17.3. The van der Waals surface area contributed by atoms with Crippen molar-refractivity contribution in [3.8, 4) is 5.75 Å². The average molecular weight is 392 g/mol. The van der Waals surface area contributed by atoms with Gasteiger partial charge in [0.1, 0.15) is 18.9 Å². The van der Waals surface area contributed by atoms with E-state index in [1.165, 1.54) is 26.5 Å². The van der Waals surface area contributed by atoms with Crippen LogP contribution < -0.4 is 15.0 Å². The van der Waals surface area contributed by atoms with Crippen molar-refractivity contribution in [2.75, 3.05) is 32.6 Å². The van der Waals surface area contributed by atoms with E-state index < -0.39 is 0 Å². The van der Waals surface area contributed by atoms with Gasteiger partial charge < -0.3 is 15.0 Å². The minimum absolute atomic E-state index is 0.145. The summed E-state index contributed by atoms with van der Waals surface area (Å²) in [5.74, 6) is 1.93. The van der Waals surface area contributed by atoms with Gasteiger partial charge >= 0.3 is 0 Å². The molecule has 1 atom stereocenters. The van der Waals surface area contributed by atoms with Gasteiger partial charge in [0.2, 0.25) is 0 Å². The van der Waals surface area contributed by atoms with Gasteiger partial charge in [-0.2, -0.15) is 0 Å². The van der Waals surface area contributed by atoms with Crippen molar-refractivity contribution >= 4 is 17.4 Å². The molecule has 3 aromatic rings. The Bertz CT molecular complexity index is 876. The number of hydrogen-bond donors (Lipinski definition) is 2. The predicted octanol–water partition coefficient (Wildman–Crippen LogP) is 4.02. The number of quaternary nitrogens is 1. The Morgan fingerprint density at radius 1 is 0.929 bits per heavy atom. The van der Waals surface area contributed by atoms with E-state index in [2.05, 4.69) is 92.2 Å². The number of anilines is 1. The summed E-state index contributed by atoms with van der Waals surface area (Å²) in [4.78, 5) is 2.74. The second-order valence-electron chi connectivity index (χ2n) is 7.43. The number of ether oxygens (including phenoxy) is 1. The highest BCUT2D eigenvalue weighted by molar-refractivity contribution is 7.98. The van der Waals surface area contributed by atoms with Crippen molar-refractivity contribution in [1.29, 1.82) is 0 Å². The highest BCUT2D eigenvalue weighted by Gasteiger charge is 2.23. The Kier molecular flexibility index (Phi) is 5.89. The average Bonchev–Trinajstić information content (AvgIpc) is 2.87. The van der Waals surface area contributed by atoms with Gasteiger partial charge in [0.25, 0.3) is 0 Å². The molecule has 3 aromatic carbocycles. The first kappa shape index (κ1) is 18.9. The van der Waals surface area contributed by atoms with E-state index in [9.17, 15) is 0 Å². The Labute approximate surface area is 171 Å². The molecule has 3 nitrogen and oxygen atoms in total. The largest absolute Gasteiger partial charge is 0.488 e. The topological polar surface area (TPSA) is 25.7 Å². The Morgan fingerprint density at radius 3 is 2.43 bits per heavy atom. The van der Waals surface area contributed by atoms with Crippen LogP contribution in [0, 0.1) is 0 Å². The third kappa shape index (κ3) is 4.34. The molecule has 1 heterocycles. The molecule has 0 spiro atoms. The first-order valence-corrected chi connectivity index (χ1v) is 10.8. The summed E-state index contributed by atoms with van der Waals surface area (Å²) in [5.41, 5.74) is 5.19. The third-order valence-electron chi connectivity index (χ3n) is 5.02. The summed E-state index contributed by atoms with van der Waals surface area (Å²) in [5, 5.41) is 3.76. The van der Waals surface area contributed by atoms with E-state index in [4.69, 9.17) is 4.74 Å². The monoisotopic (exact) mass is 391 g/mol. The molecule has 0 aromatic heterocycles. The van der Waals surface area contributed by atoms with Crippen LogP contribution in [0.15, 0.2) is 77.7 Å². The zero-order valence-electron chi connectivity index (χ0n) is 16.4. The van der Waals surface area contributed by atoms with Crippen molar-refractivity contribution in [3.63, 3.8) is 0 Å². The standard InChI is InChI=1S/C24H26N2OS/c1-26(2)15-16-27-20-13-11-19(12-14-20)25-24-21-8-4-3-7-18(21)17-28-23-10-6-5-9-22(23)24/h3-14,24-25H,15-17H2,1-2H3/p+1/t24-/m0/s1. The van der Waals surface area contributed by atoms with Gasteiger partial charge in [-0.05, 0) is 47.0 Å². The van der Waals surface area contributed by atoms with E-state index in [1.54, 1.807) is 0 Å². The van der Waals surface area contributed by atoms with Crippen LogP contribution in [-0.2, 0) is 5.75 Å².